The normalized spacial score (nSPS) is 11.1. The molecule has 1 amide bonds. The van der Waals surface area contributed by atoms with Gasteiger partial charge in [-0.1, -0.05) is 35.9 Å². The van der Waals surface area contributed by atoms with Crippen LogP contribution in [0.25, 0.3) is 10.9 Å². The molecule has 2 N–H and O–H groups in total. The second kappa shape index (κ2) is 8.34. The SMILES string of the molecule is COC(=O)Cn1c(O)c(N=NC(=O)CNc2ccc(C)cc2)c2ccccc21. The molecule has 3 rings (SSSR count). The van der Waals surface area contributed by atoms with Crippen LogP contribution in [-0.4, -0.2) is 35.2 Å². The fourth-order valence-corrected chi connectivity index (χ4v) is 2.71. The van der Waals surface area contributed by atoms with E-state index in [4.69, 9.17) is 0 Å². The van der Waals surface area contributed by atoms with Crippen LogP contribution in [0.2, 0.25) is 0 Å². The minimum Gasteiger partial charge on any atom is -0.493 e. The first-order valence-electron chi connectivity index (χ1n) is 8.61. The fraction of sp³-hybridized carbons (Fsp3) is 0.200. The van der Waals surface area contributed by atoms with Gasteiger partial charge in [-0.05, 0) is 25.1 Å². The van der Waals surface area contributed by atoms with E-state index in [0.717, 1.165) is 11.3 Å². The van der Waals surface area contributed by atoms with Gasteiger partial charge in [-0.3, -0.25) is 14.2 Å². The van der Waals surface area contributed by atoms with Gasteiger partial charge in [0.1, 0.15) is 6.54 Å². The molecule has 2 aromatic carbocycles. The number of para-hydroxylation sites is 1. The predicted molar refractivity (Wildman–Crippen MR) is 105 cm³/mol. The van der Waals surface area contributed by atoms with Crippen LogP contribution < -0.4 is 5.32 Å². The van der Waals surface area contributed by atoms with Crippen molar-refractivity contribution in [3.63, 3.8) is 0 Å². The molecule has 0 atom stereocenters. The number of methoxy groups -OCH3 is 1. The Kier molecular flexibility index (Phi) is 5.69. The van der Waals surface area contributed by atoms with E-state index in [-0.39, 0.29) is 24.7 Å². The van der Waals surface area contributed by atoms with E-state index in [1.807, 2.05) is 31.2 Å². The molecule has 8 heteroatoms. The number of benzene rings is 2. The van der Waals surface area contributed by atoms with Crippen LogP contribution in [-0.2, 0) is 20.9 Å². The number of aromatic hydroxyl groups is 1. The average molecular weight is 380 g/mol. The first kappa shape index (κ1) is 19.1. The van der Waals surface area contributed by atoms with Crippen LogP contribution in [0.1, 0.15) is 5.56 Å². The highest BCUT2D eigenvalue weighted by molar-refractivity contribution is 5.96. The van der Waals surface area contributed by atoms with Crippen molar-refractivity contribution in [1.82, 2.24) is 4.57 Å². The van der Waals surface area contributed by atoms with E-state index < -0.39 is 11.9 Å². The highest BCUT2D eigenvalue weighted by Crippen LogP contribution is 2.38. The molecule has 0 bridgehead atoms. The molecule has 0 radical (unpaired) electrons. The summed E-state index contributed by atoms with van der Waals surface area (Å²) in [6.45, 7) is 1.77. The van der Waals surface area contributed by atoms with Crippen molar-refractivity contribution in [2.75, 3.05) is 19.0 Å². The number of amides is 1. The van der Waals surface area contributed by atoms with E-state index in [1.54, 1.807) is 24.3 Å². The molecular formula is C20H20N4O4. The van der Waals surface area contributed by atoms with Crippen LogP contribution in [0.3, 0.4) is 0 Å². The predicted octanol–water partition coefficient (Wildman–Crippen LogP) is 3.55. The molecule has 3 aromatic rings. The molecule has 0 saturated heterocycles. The fourth-order valence-electron chi connectivity index (χ4n) is 2.71. The van der Waals surface area contributed by atoms with Gasteiger partial charge in [0.15, 0.2) is 5.69 Å². The zero-order valence-corrected chi connectivity index (χ0v) is 15.5. The molecule has 144 valence electrons. The summed E-state index contributed by atoms with van der Waals surface area (Å²) in [5.74, 6) is -1.27. The Hall–Kier alpha value is -3.68. The summed E-state index contributed by atoms with van der Waals surface area (Å²) in [5, 5.41) is 21.6. The van der Waals surface area contributed by atoms with Gasteiger partial charge in [-0.2, -0.15) is 0 Å². The van der Waals surface area contributed by atoms with Crippen molar-refractivity contribution in [2.45, 2.75) is 13.5 Å². The van der Waals surface area contributed by atoms with E-state index in [1.165, 1.54) is 11.7 Å². The van der Waals surface area contributed by atoms with Gasteiger partial charge in [0, 0.05) is 11.1 Å². The van der Waals surface area contributed by atoms with Crippen molar-refractivity contribution in [2.24, 2.45) is 10.2 Å². The van der Waals surface area contributed by atoms with Crippen LogP contribution >= 0.6 is 0 Å². The standard InChI is InChI=1S/C20H20N4O4/c1-13-7-9-14(10-8-13)21-11-17(25)22-23-19-15-5-3-4-6-16(15)24(20(19)27)12-18(26)28-2/h3-10,21,27H,11-12H2,1-2H3. The lowest BCUT2D eigenvalue weighted by atomic mass is 10.2. The average Bonchev–Trinajstić information content (AvgIpc) is 2.97. The Labute approximate surface area is 161 Å². The van der Waals surface area contributed by atoms with E-state index in [2.05, 4.69) is 20.3 Å². The monoisotopic (exact) mass is 380 g/mol. The molecule has 0 spiro atoms. The molecule has 0 saturated carbocycles. The van der Waals surface area contributed by atoms with Crippen molar-refractivity contribution >= 4 is 34.2 Å². The van der Waals surface area contributed by atoms with Gasteiger partial charge in [0.25, 0.3) is 5.91 Å². The number of aryl methyl sites for hydroxylation is 1. The largest absolute Gasteiger partial charge is 0.493 e. The Bertz CT molecular complexity index is 1040. The van der Waals surface area contributed by atoms with Gasteiger partial charge < -0.3 is 15.2 Å². The minimum absolute atomic E-state index is 0.0336. The molecule has 0 aliphatic heterocycles. The summed E-state index contributed by atoms with van der Waals surface area (Å²) in [6.07, 6.45) is 0. The summed E-state index contributed by atoms with van der Waals surface area (Å²) in [5.41, 5.74) is 2.63. The topological polar surface area (TPSA) is 105 Å². The van der Waals surface area contributed by atoms with Crippen LogP contribution in [0.4, 0.5) is 11.4 Å². The number of azo groups is 1. The van der Waals surface area contributed by atoms with Crippen molar-refractivity contribution in [1.29, 1.82) is 0 Å². The number of fused-ring (bicyclic) bond motifs is 1. The molecule has 8 nitrogen and oxygen atoms in total. The van der Waals surface area contributed by atoms with Gasteiger partial charge >= 0.3 is 5.97 Å². The number of carbonyl (C=O) groups excluding carboxylic acids is 2. The Morgan fingerprint density at radius 3 is 2.57 bits per heavy atom. The number of nitrogens with one attached hydrogen (secondary N) is 1. The quantitative estimate of drug-likeness (QED) is 0.502. The highest BCUT2D eigenvalue weighted by atomic mass is 16.5. The molecule has 28 heavy (non-hydrogen) atoms. The Morgan fingerprint density at radius 1 is 1.14 bits per heavy atom. The lowest BCUT2D eigenvalue weighted by molar-refractivity contribution is -0.141. The summed E-state index contributed by atoms with van der Waals surface area (Å²) in [6, 6.07) is 14.6. The molecular weight excluding hydrogens is 360 g/mol. The van der Waals surface area contributed by atoms with Gasteiger partial charge in [-0.15, -0.1) is 10.2 Å². The highest BCUT2D eigenvalue weighted by Gasteiger charge is 2.18. The number of aromatic nitrogens is 1. The second-order valence-electron chi connectivity index (χ2n) is 6.16. The number of anilines is 1. The lowest BCUT2D eigenvalue weighted by Crippen LogP contribution is -2.11. The van der Waals surface area contributed by atoms with E-state index in [9.17, 15) is 14.7 Å². The molecule has 0 aliphatic rings. The van der Waals surface area contributed by atoms with E-state index >= 15 is 0 Å². The maximum absolute atomic E-state index is 12.0. The number of hydrogen-bond donors (Lipinski definition) is 2. The molecule has 0 unspecified atom stereocenters. The zero-order valence-electron chi connectivity index (χ0n) is 15.5. The minimum atomic E-state index is -0.516. The smallest absolute Gasteiger partial charge is 0.325 e. The Balaban J connectivity index is 1.79. The molecule has 0 aliphatic carbocycles. The van der Waals surface area contributed by atoms with Crippen molar-refractivity contribution in [3.05, 3.63) is 54.1 Å². The number of ether oxygens (including phenoxy) is 1. The summed E-state index contributed by atoms with van der Waals surface area (Å²) in [4.78, 5) is 23.7. The summed E-state index contributed by atoms with van der Waals surface area (Å²) < 4.78 is 6.03. The lowest BCUT2D eigenvalue weighted by Gasteiger charge is -2.04. The van der Waals surface area contributed by atoms with E-state index in [0.29, 0.717) is 10.9 Å². The molecule has 1 aromatic heterocycles. The second-order valence-corrected chi connectivity index (χ2v) is 6.16. The van der Waals surface area contributed by atoms with Crippen LogP contribution in [0.5, 0.6) is 5.88 Å². The third kappa shape index (κ3) is 4.17. The van der Waals surface area contributed by atoms with Crippen molar-refractivity contribution in [3.8, 4) is 5.88 Å². The first-order valence-corrected chi connectivity index (χ1v) is 8.61. The van der Waals surface area contributed by atoms with Gasteiger partial charge in [0.2, 0.25) is 5.88 Å². The summed E-state index contributed by atoms with van der Waals surface area (Å²) in [7, 11) is 1.27. The van der Waals surface area contributed by atoms with Crippen LogP contribution in [0, 0.1) is 6.92 Å². The number of carbonyl (C=O) groups is 2. The first-order chi connectivity index (χ1) is 13.5. The maximum atomic E-state index is 12.0. The zero-order chi connectivity index (χ0) is 20.1. The number of rotatable bonds is 6. The molecule has 1 heterocycles. The number of nitrogens with zero attached hydrogens (tertiary/aromatic N) is 3. The van der Waals surface area contributed by atoms with Crippen molar-refractivity contribution < 1.29 is 19.4 Å². The van der Waals surface area contributed by atoms with Gasteiger partial charge in [0.05, 0.1) is 19.2 Å². The number of hydrogen-bond acceptors (Lipinski definition) is 6. The third-order valence-electron chi connectivity index (χ3n) is 4.19. The number of esters is 1. The van der Waals surface area contributed by atoms with Gasteiger partial charge in [-0.25, -0.2) is 0 Å². The summed E-state index contributed by atoms with van der Waals surface area (Å²) >= 11 is 0. The third-order valence-corrected chi connectivity index (χ3v) is 4.19. The Morgan fingerprint density at radius 2 is 1.86 bits per heavy atom. The van der Waals surface area contributed by atoms with Crippen LogP contribution in [0.15, 0.2) is 58.8 Å². The maximum Gasteiger partial charge on any atom is 0.325 e. The molecule has 0 fully saturated rings.